The first-order chi connectivity index (χ1) is 13.0. The van der Waals surface area contributed by atoms with Crippen molar-refractivity contribution in [3.63, 3.8) is 0 Å². The highest BCUT2D eigenvalue weighted by molar-refractivity contribution is 7.22. The molecule has 0 aliphatic rings. The maximum absolute atomic E-state index is 12.5. The highest BCUT2D eigenvalue weighted by Crippen LogP contribution is 2.36. The summed E-state index contributed by atoms with van der Waals surface area (Å²) >= 11 is 1.24. The highest BCUT2D eigenvalue weighted by atomic mass is 32.1. The topological polar surface area (TPSA) is 113 Å². The van der Waals surface area contributed by atoms with Crippen LogP contribution in [0, 0.1) is 10.1 Å². The van der Waals surface area contributed by atoms with Crippen LogP contribution in [-0.4, -0.2) is 37.1 Å². The molecule has 140 valence electrons. The van der Waals surface area contributed by atoms with E-state index < -0.39 is 10.8 Å². The Morgan fingerprint density at radius 1 is 1.11 bits per heavy atom. The maximum Gasteiger partial charge on any atom is 0.311 e. The molecule has 1 amide bonds. The maximum atomic E-state index is 12.5. The minimum Gasteiger partial charge on any atom is -0.497 e. The van der Waals surface area contributed by atoms with Crippen LogP contribution in [0.2, 0.25) is 0 Å². The van der Waals surface area contributed by atoms with Crippen LogP contribution in [0.3, 0.4) is 0 Å². The molecule has 0 spiro atoms. The van der Waals surface area contributed by atoms with Gasteiger partial charge < -0.3 is 14.2 Å². The van der Waals surface area contributed by atoms with E-state index in [-0.39, 0.29) is 17.0 Å². The van der Waals surface area contributed by atoms with Gasteiger partial charge >= 0.3 is 5.69 Å². The molecular weight excluding hydrogens is 374 g/mol. The van der Waals surface area contributed by atoms with Crippen LogP contribution in [-0.2, 0) is 0 Å². The van der Waals surface area contributed by atoms with Crippen molar-refractivity contribution in [3.8, 4) is 17.2 Å². The number of ether oxygens (including phenoxy) is 3. The first-order valence-electron chi connectivity index (χ1n) is 7.63. The Kier molecular flexibility index (Phi) is 5.08. The predicted octanol–water partition coefficient (Wildman–Crippen LogP) is 3.48. The number of benzene rings is 2. The Balaban J connectivity index is 1.92. The Hall–Kier alpha value is -3.40. The summed E-state index contributed by atoms with van der Waals surface area (Å²) < 4.78 is 16.2. The van der Waals surface area contributed by atoms with Crippen molar-refractivity contribution in [3.05, 3.63) is 46.0 Å². The quantitative estimate of drug-likeness (QED) is 0.507. The van der Waals surface area contributed by atoms with Crippen molar-refractivity contribution in [1.82, 2.24) is 4.98 Å². The van der Waals surface area contributed by atoms with Gasteiger partial charge in [-0.2, -0.15) is 0 Å². The fraction of sp³-hybridized carbons (Fsp3) is 0.176. The predicted molar refractivity (Wildman–Crippen MR) is 100 cm³/mol. The molecule has 0 saturated heterocycles. The van der Waals surface area contributed by atoms with E-state index in [4.69, 9.17) is 14.2 Å². The molecule has 3 aromatic rings. The normalized spacial score (nSPS) is 10.5. The van der Waals surface area contributed by atoms with Crippen LogP contribution in [0.15, 0.2) is 30.3 Å². The monoisotopic (exact) mass is 389 g/mol. The number of anilines is 1. The van der Waals surface area contributed by atoms with E-state index in [1.807, 2.05) is 0 Å². The summed E-state index contributed by atoms with van der Waals surface area (Å²) in [6.45, 7) is 0. The van der Waals surface area contributed by atoms with Gasteiger partial charge in [0.2, 0.25) is 0 Å². The Morgan fingerprint density at radius 3 is 2.48 bits per heavy atom. The number of thiazole rings is 1. The molecule has 1 N–H and O–H groups in total. The van der Waals surface area contributed by atoms with Crippen molar-refractivity contribution >= 4 is 38.3 Å². The van der Waals surface area contributed by atoms with E-state index in [1.165, 1.54) is 37.7 Å². The smallest absolute Gasteiger partial charge is 0.311 e. The van der Waals surface area contributed by atoms with Gasteiger partial charge in [-0.25, -0.2) is 4.98 Å². The number of fused-ring (bicyclic) bond motifs is 1. The number of methoxy groups -OCH3 is 3. The van der Waals surface area contributed by atoms with Gasteiger partial charge in [0, 0.05) is 17.7 Å². The second-order valence-electron chi connectivity index (χ2n) is 5.29. The van der Waals surface area contributed by atoms with Crippen molar-refractivity contribution in [2.24, 2.45) is 0 Å². The number of rotatable bonds is 6. The van der Waals surface area contributed by atoms with E-state index >= 15 is 0 Å². The molecule has 0 unspecified atom stereocenters. The lowest BCUT2D eigenvalue weighted by Crippen LogP contribution is -2.12. The third kappa shape index (κ3) is 3.60. The number of carbonyl (C=O) groups is 1. The van der Waals surface area contributed by atoms with Crippen molar-refractivity contribution < 1.29 is 23.9 Å². The summed E-state index contributed by atoms with van der Waals surface area (Å²) in [7, 11) is 4.38. The van der Waals surface area contributed by atoms with Gasteiger partial charge in [-0.05, 0) is 18.2 Å². The van der Waals surface area contributed by atoms with Gasteiger partial charge in [-0.3, -0.25) is 20.2 Å². The molecule has 0 saturated carbocycles. The number of hydrogen-bond acceptors (Lipinski definition) is 8. The molecule has 2 aromatic carbocycles. The number of carbonyl (C=O) groups excluding carboxylic acids is 1. The van der Waals surface area contributed by atoms with E-state index in [2.05, 4.69) is 10.3 Å². The SMILES string of the molecule is COc1cc(OC)c2nc(NC(=O)c3ccc(OC)c([N+](=O)[O-])c3)sc2c1. The zero-order valence-electron chi connectivity index (χ0n) is 14.6. The second-order valence-corrected chi connectivity index (χ2v) is 6.32. The summed E-state index contributed by atoms with van der Waals surface area (Å²) in [5.41, 5.74) is 0.409. The number of nitrogens with one attached hydrogen (secondary N) is 1. The molecule has 27 heavy (non-hydrogen) atoms. The van der Waals surface area contributed by atoms with Crippen molar-refractivity contribution in [1.29, 1.82) is 0 Å². The fourth-order valence-corrected chi connectivity index (χ4v) is 3.35. The molecule has 0 radical (unpaired) electrons. The highest BCUT2D eigenvalue weighted by Gasteiger charge is 2.19. The van der Waals surface area contributed by atoms with Crippen LogP contribution in [0.4, 0.5) is 10.8 Å². The fourth-order valence-electron chi connectivity index (χ4n) is 2.44. The number of nitro groups is 1. The first kappa shape index (κ1) is 18.4. The van der Waals surface area contributed by atoms with Gasteiger partial charge in [-0.1, -0.05) is 11.3 Å². The zero-order chi connectivity index (χ0) is 19.6. The average Bonchev–Trinajstić information content (AvgIpc) is 3.08. The molecule has 3 rings (SSSR count). The van der Waals surface area contributed by atoms with E-state index in [0.29, 0.717) is 22.1 Å². The third-order valence-corrected chi connectivity index (χ3v) is 4.67. The number of hydrogen-bond donors (Lipinski definition) is 1. The molecule has 10 heteroatoms. The summed E-state index contributed by atoms with van der Waals surface area (Å²) in [4.78, 5) is 27.4. The summed E-state index contributed by atoms with van der Waals surface area (Å²) in [5, 5.41) is 14.1. The van der Waals surface area contributed by atoms with Gasteiger partial charge in [-0.15, -0.1) is 0 Å². The van der Waals surface area contributed by atoms with Crippen LogP contribution < -0.4 is 19.5 Å². The summed E-state index contributed by atoms with van der Waals surface area (Å²) in [5.74, 6) is 0.673. The van der Waals surface area contributed by atoms with Crippen molar-refractivity contribution in [2.75, 3.05) is 26.6 Å². The second kappa shape index (κ2) is 7.46. The largest absolute Gasteiger partial charge is 0.497 e. The van der Waals surface area contributed by atoms with E-state index in [0.717, 1.165) is 10.8 Å². The van der Waals surface area contributed by atoms with Crippen LogP contribution >= 0.6 is 11.3 Å². The Labute approximate surface area is 157 Å². The lowest BCUT2D eigenvalue weighted by molar-refractivity contribution is -0.385. The van der Waals surface area contributed by atoms with Crippen LogP contribution in [0.25, 0.3) is 10.2 Å². The Morgan fingerprint density at radius 2 is 1.85 bits per heavy atom. The number of nitro benzene ring substituents is 1. The van der Waals surface area contributed by atoms with E-state index in [1.54, 1.807) is 19.2 Å². The molecule has 0 atom stereocenters. The Bertz CT molecular complexity index is 1030. The van der Waals surface area contributed by atoms with Gasteiger partial charge in [0.05, 0.1) is 31.0 Å². The number of nitrogens with zero attached hydrogens (tertiary/aromatic N) is 2. The molecule has 1 aromatic heterocycles. The average molecular weight is 389 g/mol. The van der Waals surface area contributed by atoms with Crippen molar-refractivity contribution in [2.45, 2.75) is 0 Å². The minimum atomic E-state index is -0.607. The molecular formula is C17H15N3O6S. The molecule has 0 bridgehead atoms. The van der Waals surface area contributed by atoms with Gasteiger partial charge in [0.15, 0.2) is 10.9 Å². The lowest BCUT2D eigenvalue weighted by atomic mass is 10.2. The standard InChI is InChI=1S/C17H15N3O6S/c1-24-10-7-13(26-3)15-14(8-10)27-17(18-15)19-16(21)9-4-5-12(25-2)11(6-9)20(22)23/h4-8H,1-3H3,(H,18,19,21). The zero-order valence-corrected chi connectivity index (χ0v) is 15.5. The van der Waals surface area contributed by atoms with Crippen LogP contribution in [0.1, 0.15) is 10.4 Å². The third-order valence-electron chi connectivity index (χ3n) is 3.75. The minimum absolute atomic E-state index is 0.0772. The summed E-state index contributed by atoms with van der Waals surface area (Å²) in [6, 6.07) is 7.45. The number of aromatic nitrogens is 1. The first-order valence-corrected chi connectivity index (χ1v) is 8.44. The molecule has 9 nitrogen and oxygen atoms in total. The molecule has 0 aliphatic carbocycles. The van der Waals surface area contributed by atoms with Gasteiger partial charge in [0.1, 0.15) is 17.0 Å². The van der Waals surface area contributed by atoms with Crippen LogP contribution in [0.5, 0.6) is 17.2 Å². The van der Waals surface area contributed by atoms with Gasteiger partial charge in [0.25, 0.3) is 5.91 Å². The van der Waals surface area contributed by atoms with E-state index in [9.17, 15) is 14.9 Å². The summed E-state index contributed by atoms with van der Waals surface area (Å²) in [6.07, 6.45) is 0. The molecule has 0 aliphatic heterocycles. The molecule has 0 fully saturated rings. The molecule has 1 heterocycles. The number of amides is 1. The lowest BCUT2D eigenvalue weighted by Gasteiger charge is -2.05.